The molecule has 4 aliphatic carbocycles. The minimum atomic E-state index is -0.484. The number of Topliss-reactive ketones (excluding diaryl/α,β-unsaturated/α-hetero) is 1. The standard InChI is InChI=1S/C24H34N4O3/c1-16(29)5-6-27-7-9-28(10-8-27)21-4-2-3-20(25-21)23(30)26-22-18-11-17-12-19(22)15-24(31,13-17)14-18/h2-4,17-19,22,31H,5-15H2,1H3,(H,26,30). The van der Waals surface area contributed by atoms with Gasteiger partial charge in [-0.2, -0.15) is 0 Å². The highest BCUT2D eigenvalue weighted by molar-refractivity contribution is 5.93. The molecule has 5 fully saturated rings. The molecule has 1 aromatic rings. The number of amides is 1. The maximum atomic E-state index is 13.1. The van der Waals surface area contributed by atoms with Gasteiger partial charge in [-0.15, -0.1) is 0 Å². The maximum Gasteiger partial charge on any atom is 0.270 e. The molecular formula is C24H34N4O3. The molecule has 0 aromatic carbocycles. The number of pyridine rings is 1. The van der Waals surface area contributed by atoms with E-state index in [0.717, 1.165) is 70.6 Å². The zero-order valence-corrected chi connectivity index (χ0v) is 18.4. The minimum Gasteiger partial charge on any atom is -0.390 e. The van der Waals surface area contributed by atoms with Crippen LogP contribution in [0.2, 0.25) is 0 Å². The number of aliphatic hydroxyl groups is 1. The van der Waals surface area contributed by atoms with Gasteiger partial charge >= 0.3 is 0 Å². The Balaban J connectivity index is 1.20. The van der Waals surface area contributed by atoms with Crippen LogP contribution in [0.5, 0.6) is 0 Å². The normalized spacial score (nSPS) is 34.7. The van der Waals surface area contributed by atoms with Crippen LogP contribution in [-0.4, -0.2) is 71.0 Å². The van der Waals surface area contributed by atoms with Crippen molar-refractivity contribution in [1.29, 1.82) is 0 Å². The fraction of sp³-hybridized carbons (Fsp3) is 0.708. The molecule has 168 valence electrons. The van der Waals surface area contributed by atoms with Gasteiger partial charge < -0.3 is 15.3 Å². The Morgan fingerprint density at radius 1 is 1.13 bits per heavy atom. The molecule has 1 amide bonds. The van der Waals surface area contributed by atoms with E-state index >= 15 is 0 Å². The van der Waals surface area contributed by atoms with Gasteiger partial charge in [-0.3, -0.25) is 14.5 Å². The number of hydrogen-bond donors (Lipinski definition) is 2. The Bertz CT molecular complexity index is 835. The van der Waals surface area contributed by atoms with Crippen molar-refractivity contribution in [2.75, 3.05) is 37.6 Å². The first-order valence-electron chi connectivity index (χ1n) is 11.9. The molecule has 5 aliphatic rings. The molecule has 1 saturated heterocycles. The van der Waals surface area contributed by atoms with E-state index in [-0.39, 0.29) is 17.7 Å². The Hall–Kier alpha value is -1.99. The molecule has 4 bridgehead atoms. The van der Waals surface area contributed by atoms with Gasteiger partial charge in [-0.05, 0) is 68.9 Å². The molecule has 2 heterocycles. The minimum absolute atomic E-state index is 0.0913. The van der Waals surface area contributed by atoms with Crippen molar-refractivity contribution in [3.8, 4) is 0 Å². The first kappa shape index (κ1) is 20.9. The Kier molecular flexibility index (Phi) is 5.51. The van der Waals surface area contributed by atoms with Crippen LogP contribution >= 0.6 is 0 Å². The molecule has 1 aliphatic heterocycles. The fourth-order valence-corrected chi connectivity index (χ4v) is 6.68. The lowest BCUT2D eigenvalue weighted by Gasteiger charge is -2.58. The summed E-state index contributed by atoms with van der Waals surface area (Å²) >= 11 is 0. The molecule has 0 radical (unpaired) electrons. The van der Waals surface area contributed by atoms with Crippen LogP contribution in [0.15, 0.2) is 18.2 Å². The summed E-state index contributed by atoms with van der Waals surface area (Å²) in [5.74, 6) is 2.41. The largest absolute Gasteiger partial charge is 0.390 e. The summed E-state index contributed by atoms with van der Waals surface area (Å²) in [5, 5.41) is 14.1. The Labute approximate surface area is 184 Å². The van der Waals surface area contributed by atoms with E-state index in [0.29, 0.717) is 29.9 Å². The fourth-order valence-electron chi connectivity index (χ4n) is 6.68. The number of rotatable bonds is 6. The number of aromatic nitrogens is 1. The third kappa shape index (κ3) is 4.35. The van der Waals surface area contributed by atoms with Gasteiger partial charge in [0.05, 0.1) is 5.60 Å². The predicted molar refractivity (Wildman–Crippen MR) is 118 cm³/mol. The van der Waals surface area contributed by atoms with Gasteiger partial charge in [0, 0.05) is 45.2 Å². The van der Waals surface area contributed by atoms with Crippen LogP contribution in [0.3, 0.4) is 0 Å². The smallest absolute Gasteiger partial charge is 0.270 e. The van der Waals surface area contributed by atoms with Gasteiger partial charge in [-0.25, -0.2) is 4.98 Å². The molecule has 31 heavy (non-hydrogen) atoms. The molecule has 1 aromatic heterocycles. The summed E-state index contributed by atoms with van der Waals surface area (Å²) in [6, 6.07) is 5.85. The van der Waals surface area contributed by atoms with Gasteiger partial charge in [0.15, 0.2) is 0 Å². The molecular weight excluding hydrogens is 392 g/mol. The van der Waals surface area contributed by atoms with Crippen LogP contribution in [0.4, 0.5) is 5.82 Å². The predicted octanol–water partition coefficient (Wildman–Crippen LogP) is 1.85. The average molecular weight is 427 g/mol. The highest BCUT2D eigenvalue weighted by Crippen LogP contribution is 2.55. The third-order valence-corrected chi connectivity index (χ3v) is 7.98. The second-order valence-corrected chi connectivity index (χ2v) is 10.4. The number of nitrogens with zero attached hydrogens (tertiary/aromatic N) is 3. The number of piperazine rings is 1. The maximum absolute atomic E-state index is 13.1. The summed E-state index contributed by atoms with van der Waals surface area (Å²) in [6.07, 6.45) is 5.47. The van der Waals surface area contributed by atoms with Crippen LogP contribution in [-0.2, 0) is 4.79 Å². The topological polar surface area (TPSA) is 85.8 Å². The second kappa shape index (κ2) is 8.17. The summed E-state index contributed by atoms with van der Waals surface area (Å²) in [7, 11) is 0. The lowest BCUT2D eigenvalue weighted by atomic mass is 9.52. The SMILES string of the molecule is CC(=O)CCN1CCN(c2cccc(C(=O)NC3C4CC5CC3CC(O)(C5)C4)n2)CC1. The number of nitrogens with one attached hydrogen (secondary N) is 1. The van der Waals surface area contributed by atoms with E-state index in [1.807, 2.05) is 12.1 Å². The summed E-state index contributed by atoms with van der Waals surface area (Å²) < 4.78 is 0. The summed E-state index contributed by atoms with van der Waals surface area (Å²) in [6.45, 7) is 5.97. The highest BCUT2D eigenvalue weighted by atomic mass is 16.3. The summed E-state index contributed by atoms with van der Waals surface area (Å²) in [5.41, 5.74) is -0.00772. The zero-order chi connectivity index (χ0) is 21.6. The van der Waals surface area contributed by atoms with E-state index < -0.39 is 5.60 Å². The number of hydrogen-bond acceptors (Lipinski definition) is 6. The lowest BCUT2D eigenvalue weighted by molar-refractivity contribution is -0.137. The van der Waals surface area contributed by atoms with Crippen LogP contribution < -0.4 is 10.2 Å². The van der Waals surface area contributed by atoms with E-state index in [2.05, 4.69) is 20.1 Å². The number of carbonyl (C=O) groups excluding carboxylic acids is 2. The first-order valence-corrected chi connectivity index (χ1v) is 11.9. The van der Waals surface area contributed by atoms with E-state index in [9.17, 15) is 14.7 Å². The number of anilines is 1. The molecule has 7 heteroatoms. The Morgan fingerprint density at radius 2 is 1.84 bits per heavy atom. The molecule has 2 atom stereocenters. The lowest BCUT2D eigenvalue weighted by Crippen LogP contribution is -2.61. The first-order chi connectivity index (χ1) is 14.9. The molecule has 2 unspecified atom stereocenters. The Morgan fingerprint density at radius 3 is 2.48 bits per heavy atom. The second-order valence-electron chi connectivity index (χ2n) is 10.4. The van der Waals surface area contributed by atoms with Crippen LogP contribution in [0.25, 0.3) is 0 Å². The molecule has 4 saturated carbocycles. The average Bonchev–Trinajstić information content (AvgIpc) is 2.74. The van der Waals surface area contributed by atoms with Crippen molar-refractivity contribution in [3.05, 3.63) is 23.9 Å². The van der Waals surface area contributed by atoms with Gasteiger partial charge in [0.1, 0.15) is 17.3 Å². The quantitative estimate of drug-likeness (QED) is 0.722. The monoisotopic (exact) mass is 426 g/mol. The summed E-state index contributed by atoms with van der Waals surface area (Å²) in [4.78, 5) is 33.5. The van der Waals surface area contributed by atoms with Crippen molar-refractivity contribution in [2.45, 2.75) is 57.1 Å². The van der Waals surface area contributed by atoms with Crippen molar-refractivity contribution in [2.24, 2.45) is 17.8 Å². The number of ketones is 1. The highest BCUT2D eigenvalue weighted by Gasteiger charge is 2.55. The van der Waals surface area contributed by atoms with E-state index in [1.165, 1.54) is 0 Å². The van der Waals surface area contributed by atoms with Crippen LogP contribution in [0, 0.1) is 17.8 Å². The zero-order valence-electron chi connectivity index (χ0n) is 18.4. The van der Waals surface area contributed by atoms with Gasteiger partial charge in [0.25, 0.3) is 5.91 Å². The van der Waals surface area contributed by atoms with Crippen molar-refractivity contribution >= 4 is 17.5 Å². The van der Waals surface area contributed by atoms with Gasteiger partial charge in [0.2, 0.25) is 0 Å². The van der Waals surface area contributed by atoms with Gasteiger partial charge in [-0.1, -0.05) is 6.07 Å². The van der Waals surface area contributed by atoms with Crippen molar-refractivity contribution in [1.82, 2.24) is 15.2 Å². The van der Waals surface area contributed by atoms with Crippen molar-refractivity contribution in [3.63, 3.8) is 0 Å². The third-order valence-electron chi connectivity index (χ3n) is 7.98. The van der Waals surface area contributed by atoms with E-state index in [4.69, 9.17) is 0 Å². The number of carbonyl (C=O) groups is 2. The van der Waals surface area contributed by atoms with Crippen LogP contribution in [0.1, 0.15) is 55.9 Å². The molecule has 2 N–H and O–H groups in total. The van der Waals surface area contributed by atoms with Crippen molar-refractivity contribution < 1.29 is 14.7 Å². The molecule has 0 spiro atoms. The molecule has 7 nitrogen and oxygen atoms in total. The van der Waals surface area contributed by atoms with E-state index in [1.54, 1.807) is 13.0 Å². The molecule has 6 rings (SSSR count).